The molecule has 2 heterocycles. The van der Waals surface area contributed by atoms with Crippen LogP contribution in [0, 0.1) is 17.2 Å². The van der Waals surface area contributed by atoms with Crippen molar-refractivity contribution in [3.8, 4) is 23.1 Å². The second kappa shape index (κ2) is 9.25. The number of nitriles is 1. The van der Waals surface area contributed by atoms with Gasteiger partial charge in [0.05, 0.1) is 31.1 Å². The van der Waals surface area contributed by atoms with Crippen LogP contribution in [0.25, 0.3) is 11.3 Å². The summed E-state index contributed by atoms with van der Waals surface area (Å²) in [5, 5.41) is 12.8. The molecule has 7 heteroatoms. The van der Waals surface area contributed by atoms with Crippen molar-refractivity contribution in [1.29, 1.82) is 5.26 Å². The first kappa shape index (κ1) is 20.3. The summed E-state index contributed by atoms with van der Waals surface area (Å²) in [5.74, 6) is 1.78. The lowest BCUT2D eigenvalue weighted by atomic mass is 10.1. The van der Waals surface area contributed by atoms with E-state index in [0.29, 0.717) is 29.8 Å². The zero-order chi connectivity index (χ0) is 21.8. The molecule has 1 N–H and O–H groups in total. The van der Waals surface area contributed by atoms with Crippen molar-refractivity contribution in [2.75, 3.05) is 43.1 Å². The van der Waals surface area contributed by atoms with Gasteiger partial charge in [-0.25, -0.2) is 9.97 Å². The van der Waals surface area contributed by atoms with Gasteiger partial charge >= 0.3 is 0 Å². The molecule has 5 rings (SSSR count). The lowest BCUT2D eigenvalue weighted by Gasteiger charge is -2.28. The zero-order valence-corrected chi connectivity index (χ0v) is 17.8. The molecule has 1 saturated heterocycles. The van der Waals surface area contributed by atoms with Crippen LogP contribution in [0.3, 0.4) is 0 Å². The molecule has 0 spiro atoms. The van der Waals surface area contributed by atoms with Crippen molar-refractivity contribution in [2.45, 2.75) is 12.8 Å². The van der Waals surface area contributed by atoms with Crippen LogP contribution in [0.5, 0.6) is 5.75 Å². The topological polar surface area (TPSA) is 83.3 Å². The van der Waals surface area contributed by atoms with E-state index in [0.717, 1.165) is 43.2 Å². The summed E-state index contributed by atoms with van der Waals surface area (Å²) in [6.45, 7) is 4.03. The van der Waals surface area contributed by atoms with Gasteiger partial charge in [-0.15, -0.1) is 0 Å². The molecular weight excluding hydrogens is 402 g/mol. The monoisotopic (exact) mass is 427 g/mol. The number of hydrogen-bond acceptors (Lipinski definition) is 7. The number of morpholine rings is 1. The number of aromatic nitrogens is 2. The van der Waals surface area contributed by atoms with E-state index >= 15 is 0 Å². The van der Waals surface area contributed by atoms with Gasteiger partial charge in [0, 0.05) is 36.2 Å². The predicted molar refractivity (Wildman–Crippen MR) is 123 cm³/mol. The van der Waals surface area contributed by atoms with E-state index in [9.17, 15) is 5.26 Å². The van der Waals surface area contributed by atoms with Gasteiger partial charge in [-0.3, -0.25) is 0 Å². The maximum absolute atomic E-state index is 9.55. The van der Waals surface area contributed by atoms with Gasteiger partial charge in [0.1, 0.15) is 11.8 Å². The molecule has 0 atom stereocenters. The van der Waals surface area contributed by atoms with Gasteiger partial charge in [0.15, 0.2) is 0 Å². The molecule has 1 saturated carbocycles. The van der Waals surface area contributed by atoms with Crippen LogP contribution in [0.1, 0.15) is 18.4 Å². The van der Waals surface area contributed by atoms with E-state index in [1.165, 1.54) is 18.5 Å². The first-order valence-corrected chi connectivity index (χ1v) is 11.0. The van der Waals surface area contributed by atoms with E-state index in [-0.39, 0.29) is 0 Å². The second-order valence-electron chi connectivity index (χ2n) is 8.11. The average Bonchev–Trinajstić information content (AvgIpc) is 3.68. The number of hydrogen-bond donors (Lipinski definition) is 1. The van der Waals surface area contributed by atoms with Crippen LogP contribution in [-0.2, 0) is 4.74 Å². The molecule has 7 nitrogen and oxygen atoms in total. The lowest BCUT2D eigenvalue weighted by Crippen LogP contribution is -2.36. The van der Waals surface area contributed by atoms with Crippen LogP contribution < -0.4 is 15.0 Å². The van der Waals surface area contributed by atoms with Gasteiger partial charge in [-0.05, 0) is 67.3 Å². The van der Waals surface area contributed by atoms with Crippen molar-refractivity contribution in [3.63, 3.8) is 0 Å². The highest BCUT2D eigenvalue weighted by molar-refractivity contribution is 5.66. The Morgan fingerprint density at radius 1 is 1.09 bits per heavy atom. The summed E-state index contributed by atoms with van der Waals surface area (Å²) in [7, 11) is 0. The smallest absolute Gasteiger partial charge is 0.227 e. The molecule has 3 aromatic rings. The van der Waals surface area contributed by atoms with E-state index in [2.05, 4.69) is 38.4 Å². The number of anilines is 3. The summed E-state index contributed by atoms with van der Waals surface area (Å²) < 4.78 is 11.2. The van der Waals surface area contributed by atoms with E-state index < -0.39 is 0 Å². The third-order valence-electron chi connectivity index (χ3n) is 5.72. The summed E-state index contributed by atoms with van der Waals surface area (Å²) in [6, 6.07) is 17.9. The Balaban J connectivity index is 1.29. The predicted octanol–water partition coefficient (Wildman–Crippen LogP) is 4.38. The normalized spacial score (nSPS) is 15.8. The summed E-state index contributed by atoms with van der Waals surface area (Å²) in [4.78, 5) is 11.3. The third-order valence-corrected chi connectivity index (χ3v) is 5.72. The van der Waals surface area contributed by atoms with E-state index in [1.807, 2.05) is 36.4 Å². The number of nitrogens with one attached hydrogen (secondary N) is 1. The van der Waals surface area contributed by atoms with Crippen LogP contribution in [0.15, 0.2) is 54.7 Å². The summed E-state index contributed by atoms with van der Waals surface area (Å²) in [6.07, 6.45) is 4.15. The van der Waals surface area contributed by atoms with Crippen molar-refractivity contribution >= 4 is 17.3 Å². The van der Waals surface area contributed by atoms with E-state index in [1.54, 1.807) is 6.20 Å². The highest BCUT2D eigenvalue weighted by atomic mass is 16.5. The molecule has 0 unspecified atom stereocenters. The number of benzene rings is 2. The first-order chi connectivity index (χ1) is 15.8. The highest BCUT2D eigenvalue weighted by Gasteiger charge is 2.22. The second-order valence-corrected chi connectivity index (χ2v) is 8.11. The SMILES string of the molecule is N#Cc1cc(-c2ccnc(Nc3ccc(N4CCOCC4)cc3)n2)ccc1OCC1CC1. The minimum atomic E-state index is 0.509. The molecule has 1 aliphatic heterocycles. The van der Waals surface area contributed by atoms with Crippen LogP contribution >= 0.6 is 0 Å². The van der Waals surface area contributed by atoms with Crippen molar-refractivity contribution < 1.29 is 9.47 Å². The van der Waals surface area contributed by atoms with Gasteiger partial charge in [-0.2, -0.15) is 5.26 Å². The minimum Gasteiger partial charge on any atom is -0.492 e. The molecule has 162 valence electrons. The fourth-order valence-corrected chi connectivity index (χ4v) is 3.68. The number of ether oxygens (including phenoxy) is 2. The van der Waals surface area contributed by atoms with Gasteiger partial charge < -0.3 is 19.7 Å². The molecule has 0 radical (unpaired) electrons. The van der Waals surface area contributed by atoms with Crippen molar-refractivity contribution in [1.82, 2.24) is 9.97 Å². The third kappa shape index (κ3) is 4.82. The number of nitrogens with zero attached hydrogens (tertiary/aromatic N) is 4. The number of rotatable bonds is 7. The molecular formula is C25H25N5O2. The Labute approximate surface area is 187 Å². The molecule has 0 bridgehead atoms. The fourth-order valence-electron chi connectivity index (χ4n) is 3.68. The standard InChI is InChI=1S/C25H25N5O2/c26-16-20-15-19(3-8-24(20)32-17-18-1-2-18)23-9-10-27-25(29-23)28-21-4-6-22(7-5-21)30-11-13-31-14-12-30/h3-10,15,18H,1-2,11-14,17H2,(H,27,28,29). The zero-order valence-electron chi connectivity index (χ0n) is 17.8. The van der Waals surface area contributed by atoms with Crippen LogP contribution in [-0.4, -0.2) is 42.9 Å². The molecule has 2 fully saturated rings. The molecule has 1 aromatic heterocycles. The van der Waals surface area contributed by atoms with Crippen molar-refractivity contribution in [2.24, 2.45) is 5.92 Å². The highest BCUT2D eigenvalue weighted by Crippen LogP contribution is 2.31. The maximum Gasteiger partial charge on any atom is 0.227 e. The largest absolute Gasteiger partial charge is 0.492 e. The van der Waals surface area contributed by atoms with Gasteiger partial charge in [0.2, 0.25) is 5.95 Å². The maximum atomic E-state index is 9.55. The minimum absolute atomic E-state index is 0.509. The Kier molecular flexibility index (Phi) is 5.86. The molecule has 1 aliphatic carbocycles. The van der Waals surface area contributed by atoms with Gasteiger partial charge in [0.25, 0.3) is 0 Å². The van der Waals surface area contributed by atoms with Crippen molar-refractivity contribution in [3.05, 3.63) is 60.3 Å². The molecule has 0 amide bonds. The first-order valence-electron chi connectivity index (χ1n) is 11.0. The van der Waals surface area contributed by atoms with E-state index in [4.69, 9.17) is 9.47 Å². The summed E-state index contributed by atoms with van der Waals surface area (Å²) >= 11 is 0. The lowest BCUT2D eigenvalue weighted by molar-refractivity contribution is 0.122. The quantitative estimate of drug-likeness (QED) is 0.599. The van der Waals surface area contributed by atoms with Crippen LogP contribution in [0.2, 0.25) is 0 Å². The fraction of sp³-hybridized carbons (Fsp3) is 0.320. The Morgan fingerprint density at radius 2 is 1.91 bits per heavy atom. The average molecular weight is 428 g/mol. The molecule has 32 heavy (non-hydrogen) atoms. The molecule has 2 aliphatic rings. The Morgan fingerprint density at radius 3 is 2.66 bits per heavy atom. The summed E-state index contributed by atoms with van der Waals surface area (Å²) in [5.41, 5.74) is 4.23. The Bertz CT molecular complexity index is 1120. The van der Waals surface area contributed by atoms with Crippen LogP contribution in [0.4, 0.5) is 17.3 Å². The van der Waals surface area contributed by atoms with Gasteiger partial charge in [-0.1, -0.05) is 0 Å². The Hall–Kier alpha value is -3.63. The molecule has 2 aromatic carbocycles.